The number of unbranched alkanes of at least 4 members (excludes halogenated alkanes) is 2. The molecular weight excluding hydrogens is 634 g/mol. The van der Waals surface area contributed by atoms with Gasteiger partial charge < -0.3 is 18.8 Å². The normalized spacial score (nSPS) is 12.6. The molecule has 16 heteroatoms. The predicted molar refractivity (Wildman–Crippen MR) is 167 cm³/mol. The van der Waals surface area contributed by atoms with E-state index in [1.165, 1.54) is 6.92 Å². The fourth-order valence-electron chi connectivity index (χ4n) is 4.84. The standard InChI is InChI=1S/C31H38ClN7O8/c1-4-5-13-26-33-28(32)27(30(40)45-21(3)46-31(41)44-18-9-8-10-20(2)47-39(42)43)38(26)19-22-14-16-23(17-15-22)24-11-6-7-12-25(24)29-34-36-37-35-29/h6-7,11-12,14-17,20-21,42-43H,4-5,8-10,13,18-19H2,1-3H3,(H,34,35,36,37). The number of H-pyrrole nitrogens is 1. The highest BCUT2D eigenvalue weighted by molar-refractivity contribution is 6.32. The highest BCUT2D eigenvalue weighted by Crippen LogP contribution is 2.30. The summed E-state index contributed by atoms with van der Waals surface area (Å²) >= 11 is 6.48. The first-order chi connectivity index (χ1) is 22.7. The van der Waals surface area contributed by atoms with Crippen molar-refractivity contribution in [2.45, 2.75) is 78.2 Å². The van der Waals surface area contributed by atoms with Crippen molar-refractivity contribution in [3.63, 3.8) is 0 Å². The van der Waals surface area contributed by atoms with Gasteiger partial charge in [0.2, 0.25) is 12.1 Å². The van der Waals surface area contributed by atoms with Gasteiger partial charge in [0.05, 0.1) is 18.1 Å². The summed E-state index contributed by atoms with van der Waals surface area (Å²) < 4.78 is 17.3. The van der Waals surface area contributed by atoms with E-state index in [2.05, 4.69) is 37.4 Å². The third kappa shape index (κ3) is 10.3. The predicted octanol–water partition coefficient (Wildman–Crippen LogP) is 6.00. The van der Waals surface area contributed by atoms with Gasteiger partial charge in [-0.05, 0) is 54.5 Å². The highest BCUT2D eigenvalue weighted by atomic mass is 35.5. The summed E-state index contributed by atoms with van der Waals surface area (Å²) in [4.78, 5) is 34.6. The zero-order valence-corrected chi connectivity index (χ0v) is 27.1. The van der Waals surface area contributed by atoms with Crippen LogP contribution in [-0.4, -0.2) is 77.1 Å². The van der Waals surface area contributed by atoms with Gasteiger partial charge in [0.25, 0.3) is 0 Å². The maximum absolute atomic E-state index is 13.3. The number of aryl methyl sites for hydroxylation is 1. The van der Waals surface area contributed by atoms with Gasteiger partial charge in [0.1, 0.15) is 5.82 Å². The smallest absolute Gasteiger partial charge is 0.434 e. The number of imidazole rings is 1. The van der Waals surface area contributed by atoms with Crippen LogP contribution < -0.4 is 0 Å². The number of hydrogen-bond acceptors (Lipinski definition) is 13. The van der Waals surface area contributed by atoms with Crippen molar-refractivity contribution >= 4 is 23.7 Å². The first kappa shape index (κ1) is 35.4. The van der Waals surface area contributed by atoms with E-state index in [-0.39, 0.29) is 22.8 Å². The molecule has 3 N–H and O–H groups in total. The van der Waals surface area contributed by atoms with Crippen molar-refractivity contribution in [2.24, 2.45) is 0 Å². The Labute approximate surface area is 276 Å². The van der Waals surface area contributed by atoms with Gasteiger partial charge in [0, 0.05) is 25.5 Å². The molecule has 252 valence electrons. The SMILES string of the molecule is CCCCc1nc(Cl)c(C(=O)OC(C)OC(=O)OCCCCC(C)ON(O)O)n1Cc1ccc(-c2ccccc2-c2nn[nH]n2)cc1. The number of tetrazole rings is 1. The number of halogens is 1. The molecular formula is C31H38ClN7O8. The molecule has 0 amide bonds. The van der Waals surface area contributed by atoms with E-state index in [9.17, 15) is 9.59 Å². The Morgan fingerprint density at radius 2 is 1.77 bits per heavy atom. The van der Waals surface area contributed by atoms with Gasteiger partial charge >= 0.3 is 12.1 Å². The first-order valence-corrected chi connectivity index (χ1v) is 15.6. The molecule has 0 radical (unpaired) electrons. The zero-order valence-electron chi connectivity index (χ0n) is 26.3. The minimum Gasteiger partial charge on any atom is -0.434 e. The Morgan fingerprint density at radius 3 is 2.45 bits per heavy atom. The Bertz CT molecular complexity index is 1580. The van der Waals surface area contributed by atoms with E-state index in [1.54, 1.807) is 11.5 Å². The van der Waals surface area contributed by atoms with Gasteiger partial charge in [-0.15, -0.1) is 10.2 Å². The molecule has 2 aromatic heterocycles. The molecule has 0 bridgehead atoms. The Hall–Kier alpha value is -4.41. The second-order valence-electron chi connectivity index (χ2n) is 10.7. The topological polar surface area (TPSA) is 187 Å². The third-order valence-corrected chi connectivity index (χ3v) is 7.37. The zero-order chi connectivity index (χ0) is 33.8. The van der Waals surface area contributed by atoms with Gasteiger partial charge in [0.15, 0.2) is 10.8 Å². The Kier molecular flexibility index (Phi) is 13.2. The fourth-order valence-corrected chi connectivity index (χ4v) is 5.12. The number of hydrogen-bond donors (Lipinski definition) is 3. The number of ether oxygens (including phenoxy) is 3. The Morgan fingerprint density at radius 1 is 1.02 bits per heavy atom. The van der Waals surface area contributed by atoms with Crippen LogP contribution in [-0.2, 0) is 32.0 Å². The minimum absolute atomic E-state index is 0.00901. The number of esters is 1. The molecule has 2 atom stereocenters. The lowest BCUT2D eigenvalue weighted by Crippen LogP contribution is -2.24. The van der Waals surface area contributed by atoms with E-state index in [1.807, 2.05) is 48.5 Å². The minimum atomic E-state index is -1.26. The average molecular weight is 672 g/mol. The lowest BCUT2D eigenvalue weighted by molar-refractivity contribution is -0.503. The molecule has 4 rings (SSSR count). The van der Waals surface area contributed by atoms with Crippen LogP contribution in [0.2, 0.25) is 5.15 Å². The summed E-state index contributed by atoms with van der Waals surface area (Å²) in [6.45, 7) is 5.46. The van der Waals surface area contributed by atoms with Crippen LogP contribution in [0, 0.1) is 0 Å². The molecule has 0 fully saturated rings. The molecule has 2 aromatic carbocycles. The largest absolute Gasteiger partial charge is 0.511 e. The number of rotatable bonds is 17. The van der Waals surface area contributed by atoms with E-state index < -0.39 is 24.5 Å². The number of nitrogens with zero attached hydrogens (tertiary/aromatic N) is 6. The van der Waals surface area contributed by atoms with E-state index in [0.717, 1.165) is 35.1 Å². The van der Waals surface area contributed by atoms with Crippen LogP contribution in [0.3, 0.4) is 0 Å². The van der Waals surface area contributed by atoms with Crippen LogP contribution in [0.25, 0.3) is 22.5 Å². The van der Waals surface area contributed by atoms with Gasteiger partial charge in [-0.3, -0.25) is 10.4 Å². The van der Waals surface area contributed by atoms with Gasteiger partial charge in [-0.25, -0.2) is 19.4 Å². The van der Waals surface area contributed by atoms with Crippen molar-refractivity contribution in [3.05, 3.63) is 70.8 Å². The Balaban J connectivity index is 1.40. The lowest BCUT2D eigenvalue weighted by atomic mass is 9.98. The van der Waals surface area contributed by atoms with Crippen LogP contribution in [0.1, 0.15) is 74.8 Å². The maximum atomic E-state index is 13.3. The summed E-state index contributed by atoms with van der Waals surface area (Å²) in [6.07, 6.45) is 1.22. The molecule has 0 saturated heterocycles. The molecule has 4 aromatic rings. The first-order valence-electron chi connectivity index (χ1n) is 15.2. The van der Waals surface area contributed by atoms with Crippen molar-refractivity contribution in [1.82, 2.24) is 35.6 Å². The monoisotopic (exact) mass is 671 g/mol. The van der Waals surface area contributed by atoms with Crippen LogP contribution in [0.4, 0.5) is 4.79 Å². The molecule has 47 heavy (non-hydrogen) atoms. The molecule has 0 spiro atoms. The summed E-state index contributed by atoms with van der Waals surface area (Å²) in [5.74, 6) is 0.324. The molecule has 2 heterocycles. The molecule has 0 aliphatic rings. The summed E-state index contributed by atoms with van der Waals surface area (Å²) in [5, 5.41) is 31.3. The molecule has 2 unspecified atom stereocenters. The van der Waals surface area contributed by atoms with E-state index in [0.29, 0.717) is 43.9 Å². The van der Waals surface area contributed by atoms with Gasteiger partial charge in [-0.2, -0.15) is 5.21 Å². The third-order valence-electron chi connectivity index (χ3n) is 7.10. The summed E-state index contributed by atoms with van der Waals surface area (Å²) in [6, 6.07) is 15.6. The van der Waals surface area contributed by atoms with Crippen molar-refractivity contribution < 1.29 is 39.1 Å². The number of benzene rings is 2. The van der Waals surface area contributed by atoms with E-state index >= 15 is 0 Å². The number of carbonyl (C=O) groups excluding carboxylic acids is 2. The second kappa shape index (κ2) is 17.5. The quantitative estimate of drug-likeness (QED) is 0.0514. The number of carbonyl (C=O) groups is 2. The lowest BCUT2D eigenvalue weighted by Gasteiger charge is -2.16. The van der Waals surface area contributed by atoms with Crippen LogP contribution >= 0.6 is 11.6 Å². The molecule has 0 aliphatic heterocycles. The average Bonchev–Trinajstić information content (AvgIpc) is 3.68. The van der Waals surface area contributed by atoms with Crippen molar-refractivity contribution in [2.75, 3.05) is 6.61 Å². The highest BCUT2D eigenvalue weighted by Gasteiger charge is 2.26. The molecule has 15 nitrogen and oxygen atoms in total. The van der Waals surface area contributed by atoms with E-state index in [4.69, 9.17) is 36.2 Å². The van der Waals surface area contributed by atoms with Crippen molar-refractivity contribution in [1.29, 1.82) is 0 Å². The second-order valence-corrected chi connectivity index (χ2v) is 11.0. The maximum Gasteiger partial charge on any atom is 0.511 e. The van der Waals surface area contributed by atoms with Crippen LogP contribution in [0.5, 0.6) is 0 Å². The summed E-state index contributed by atoms with van der Waals surface area (Å²) in [5.41, 5.74) is 3.67. The summed E-state index contributed by atoms with van der Waals surface area (Å²) in [7, 11) is 0. The number of aromatic amines is 1. The fraction of sp³-hybridized carbons (Fsp3) is 0.419. The molecule has 0 saturated carbocycles. The number of nitrogens with one attached hydrogen (secondary N) is 1. The molecule has 0 aliphatic carbocycles. The van der Waals surface area contributed by atoms with Gasteiger partial charge in [-0.1, -0.05) is 73.5 Å². The van der Waals surface area contributed by atoms with Crippen molar-refractivity contribution in [3.8, 4) is 22.5 Å². The van der Waals surface area contributed by atoms with Crippen LogP contribution in [0.15, 0.2) is 48.5 Å². The number of aromatic nitrogens is 6.